The topological polar surface area (TPSA) is 57.7 Å². The molecule has 2 aliphatic rings. The van der Waals surface area contributed by atoms with Crippen molar-refractivity contribution < 1.29 is 13.2 Å². The van der Waals surface area contributed by atoms with Crippen molar-refractivity contribution in [3.05, 3.63) is 47.5 Å². The highest BCUT2D eigenvalue weighted by Gasteiger charge is 2.61. The molecule has 1 amide bonds. The summed E-state index contributed by atoms with van der Waals surface area (Å²) in [6, 6.07) is 9.23. The van der Waals surface area contributed by atoms with Gasteiger partial charge in [-0.2, -0.15) is 4.31 Å². The van der Waals surface area contributed by atoms with Crippen molar-refractivity contribution in [3.63, 3.8) is 0 Å². The lowest BCUT2D eigenvalue weighted by molar-refractivity contribution is -0.134. The molecular formula is C21H30N2O3S. The Hall–Kier alpha value is -1.66. The van der Waals surface area contributed by atoms with Crippen LogP contribution in [0.25, 0.3) is 0 Å². The van der Waals surface area contributed by atoms with Crippen LogP contribution in [0.4, 0.5) is 0 Å². The van der Waals surface area contributed by atoms with Gasteiger partial charge in [0.25, 0.3) is 0 Å². The minimum atomic E-state index is -3.35. The molecule has 6 heteroatoms. The van der Waals surface area contributed by atoms with Gasteiger partial charge >= 0.3 is 0 Å². The molecular weight excluding hydrogens is 360 g/mol. The van der Waals surface area contributed by atoms with E-state index >= 15 is 0 Å². The van der Waals surface area contributed by atoms with E-state index in [1.54, 1.807) is 0 Å². The second-order valence-electron chi connectivity index (χ2n) is 8.53. The molecule has 2 unspecified atom stereocenters. The third-order valence-corrected chi connectivity index (χ3v) is 7.68. The minimum Gasteiger partial charge on any atom is -0.340 e. The minimum absolute atomic E-state index is 0.00905. The number of nitrogens with zero attached hydrogens (tertiary/aromatic N) is 2. The summed E-state index contributed by atoms with van der Waals surface area (Å²) in [7, 11) is -3.35. The van der Waals surface area contributed by atoms with E-state index in [9.17, 15) is 13.2 Å². The molecule has 1 aromatic rings. The Morgan fingerprint density at radius 1 is 1.11 bits per heavy atom. The molecule has 1 aliphatic carbocycles. The monoisotopic (exact) mass is 390 g/mol. The Bertz CT molecular complexity index is 818. The van der Waals surface area contributed by atoms with E-state index in [1.807, 2.05) is 35.2 Å². The van der Waals surface area contributed by atoms with E-state index in [0.717, 1.165) is 5.56 Å². The highest BCUT2D eigenvalue weighted by Crippen LogP contribution is 2.60. The van der Waals surface area contributed by atoms with Gasteiger partial charge < -0.3 is 4.90 Å². The van der Waals surface area contributed by atoms with Crippen LogP contribution >= 0.6 is 0 Å². The zero-order chi connectivity index (χ0) is 19.8. The van der Waals surface area contributed by atoms with Gasteiger partial charge in [-0.25, -0.2) is 8.42 Å². The van der Waals surface area contributed by atoms with Crippen LogP contribution in [0.1, 0.15) is 33.3 Å². The first-order valence-corrected chi connectivity index (χ1v) is 11.2. The quantitative estimate of drug-likeness (QED) is 0.727. The van der Waals surface area contributed by atoms with Crippen molar-refractivity contribution in [2.45, 2.75) is 33.4 Å². The Morgan fingerprint density at radius 3 is 2.26 bits per heavy atom. The third-order valence-electron chi connectivity index (χ3n) is 5.83. The Kier molecular flexibility index (Phi) is 5.50. The maximum Gasteiger partial charge on any atom is 0.226 e. The van der Waals surface area contributed by atoms with Crippen molar-refractivity contribution in [2.75, 3.05) is 26.2 Å². The first-order chi connectivity index (χ1) is 12.6. The maximum absolute atomic E-state index is 12.9. The molecule has 1 heterocycles. The number of sulfonamides is 1. The van der Waals surface area contributed by atoms with Gasteiger partial charge in [-0.1, -0.05) is 55.8 Å². The number of rotatable bonds is 5. The fourth-order valence-electron chi connectivity index (χ4n) is 4.08. The number of piperazine rings is 1. The number of amides is 1. The molecule has 1 aliphatic heterocycles. The smallest absolute Gasteiger partial charge is 0.226 e. The van der Waals surface area contributed by atoms with Gasteiger partial charge in [0.2, 0.25) is 15.9 Å². The number of carbonyl (C=O) groups excluding carboxylic acids is 1. The van der Waals surface area contributed by atoms with E-state index in [0.29, 0.717) is 26.2 Å². The second kappa shape index (κ2) is 7.40. The summed E-state index contributed by atoms with van der Waals surface area (Å²) in [5.41, 5.74) is 2.02. The second-order valence-corrected chi connectivity index (χ2v) is 10.5. The molecule has 0 spiro atoms. The van der Waals surface area contributed by atoms with Gasteiger partial charge in [-0.3, -0.25) is 4.79 Å². The molecule has 0 radical (unpaired) electrons. The highest BCUT2D eigenvalue weighted by molar-refractivity contribution is 7.88. The maximum atomic E-state index is 12.9. The standard InChI is InChI=1S/C21H30N2O3S/c1-16(2)14-18-19(21(18,3)4)20(24)22-10-12-23(13-11-22)27(25,26)15-17-8-6-5-7-9-17/h5-9,14,18-19H,10-13,15H2,1-4H3. The number of hydrogen-bond donors (Lipinski definition) is 0. The molecule has 27 heavy (non-hydrogen) atoms. The fourth-order valence-corrected chi connectivity index (χ4v) is 5.59. The first kappa shape index (κ1) is 20.1. The van der Waals surface area contributed by atoms with Crippen molar-refractivity contribution in [1.82, 2.24) is 9.21 Å². The SMILES string of the molecule is CC(C)=CC1C(C(=O)N2CCN(S(=O)(=O)Cc3ccccc3)CC2)C1(C)C. The molecule has 1 saturated heterocycles. The molecule has 0 bridgehead atoms. The predicted molar refractivity (Wildman–Crippen MR) is 107 cm³/mol. The van der Waals surface area contributed by atoms with Crippen molar-refractivity contribution >= 4 is 15.9 Å². The average Bonchev–Trinajstić information content (AvgIpc) is 3.14. The van der Waals surface area contributed by atoms with Crippen LogP contribution in [0, 0.1) is 17.3 Å². The van der Waals surface area contributed by atoms with Gasteiger partial charge in [-0.05, 0) is 30.7 Å². The molecule has 0 N–H and O–H groups in total. The molecule has 0 aromatic heterocycles. The van der Waals surface area contributed by atoms with E-state index < -0.39 is 10.0 Å². The Balaban J connectivity index is 1.59. The van der Waals surface area contributed by atoms with Crippen molar-refractivity contribution in [1.29, 1.82) is 0 Å². The lowest BCUT2D eigenvalue weighted by Crippen LogP contribution is -2.51. The number of hydrogen-bond acceptors (Lipinski definition) is 3. The highest BCUT2D eigenvalue weighted by atomic mass is 32.2. The molecule has 5 nitrogen and oxygen atoms in total. The summed E-state index contributed by atoms with van der Waals surface area (Å²) in [5.74, 6) is 0.484. The third kappa shape index (κ3) is 4.27. The molecule has 1 aromatic carbocycles. The molecule has 3 rings (SSSR count). The summed E-state index contributed by atoms with van der Waals surface area (Å²) in [5, 5.41) is 0. The summed E-state index contributed by atoms with van der Waals surface area (Å²) in [4.78, 5) is 14.8. The summed E-state index contributed by atoms with van der Waals surface area (Å²) >= 11 is 0. The largest absolute Gasteiger partial charge is 0.340 e. The van der Waals surface area contributed by atoms with Crippen LogP contribution in [0.2, 0.25) is 0 Å². The normalized spacial score (nSPS) is 25.1. The van der Waals surface area contributed by atoms with Crippen LogP contribution in [-0.2, 0) is 20.6 Å². The molecule has 2 fully saturated rings. The van der Waals surface area contributed by atoms with Gasteiger partial charge in [0.05, 0.1) is 11.7 Å². The van der Waals surface area contributed by atoms with Crippen LogP contribution in [-0.4, -0.2) is 49.7 Å². The summed E-state index contributed by atoms with van der Waals surface area (Å²) in [6.07, 6.45) is 2.20. The zero-order valence-electron chi connectivity index (χ0n) is 16.7. The lowest BCUT2D eigenvalue weighted by atomic mass is 10.1. The van der Waals surface area contributed by atoms with E-state index in [2.05, 4.69) is 33.8 Å². The van der Waals surface area contributed by atoms with Gasteiger partial charge in [-0.15, -0.1) is 0 Å². The average molecular weight is 391 g/mol. The molecule has 148 valence electrons. The van der Waals surface area contributed by atoms with Crippen LogP contribution in [0.3, 0.4) is 0 Å². The van der Waals surface area contributed by atoms with E-state index in [4.69, 9.17) is 0 Å². The summed E-state index contributed by atoms with van der Waals surface area (Å²) < 4.78 is 26.9. The van der Waals surface area contributed by atoms with Crippen molar-refractivity contribution in [3.8, 4) is 0 Å². The van der Waals surface area contributed by atoms with Crippen LogP contribution in [0.5, 0.6) is 0 Å². The molecule has 1 saturated carbocycles. The number of carbonyl (C=O) groups is 1. The van der Waals surface area contributed by atoms with Crippen molar-refractivity contribution in [2.24, 2.45) is 17.3 Å². The Morgan fingerprint density at radius 2 is 1.70 bits per heavy atom. The van der Waals surface area contributed by atoms with E-state index in [-0.39, 0.29) is 28.9 Å². The summed E-state index contributed by atoms with van der Waals surface area (Å²) in [6.45, 7) is 10.1. The first-order valence-electron chi connectivity index (χ1n) is 9.58. The predicted octanol–water partition coefficient (Wildman–Crippen LogP) is 2.90. The molecule has 2 atom stereocenters. The fraction of sp³-hybridized carbons (Fsp3) is 0.571. The zero-order valence-corrected chi connectivity index (χ0v) is 17.5. The van der Waals surface area contributed by atoms with Crippen LogP contribution in [0.15, 0.2) is 42.0 Å². The lowest BCUT2D eigenvalue weighted by Gasteiger charge is -2.34. The van der Waals surface area contributed by atoms with Crippen LogP contribution < -0.4 is 0 Å². The van der Waals surface area contributed by atoms with E-state index in [1.165, 1.54) is 9.88 Å². The Labute approximate surface area is 163 Å². The number of allylic oxidation sites excluding steroid dienone is 2. The number of benzene rings is 1. The van der Waals surface area contributed by atoms with Gasteiger partial charge in [0.1, 0.15) is 0 Å². The van der Waals surface area contributed by atoms with Gasteiger partial charge in [0, 0.05) is 26.2 Å². The van der Waals surface area contributed by atoms with Gasteiger partial charge in [0.15, 0.2) is 0 Å².